The van der Waals surface area contributed by atoms with Gasteiger partial charge in [0.25, 0.3) is 0 Å². The zero-order chi connectivity index (χ0) is 15.2. The first-order chi connectivity index (χ1) is 10.1. The zero-order valence-electron chi connectivity index (χ0n) is 13.0. The van der Waals surface area contributed by atoms with E-state index in [2.05, 4.69) is 24.1 Å². The van der Waals surface area contributed by atoms with Gasteiger partial charge in [-0.2, -0.15) is 0 Å². The van der Waals surface area contributed by atoms with Gasteiger partial charge in [0.1, 0.15) is 5.82 Å². The Morgan fingerprint density at radius 1 is 1.38 bits per heavy atom. The quantitative estimate of drug-likeness (QED) is 0.851. The largest absolute Gasteiger partial charge is 0.315 e. The van der Waals surface area contributed by atoms with Crippen LogP contribution < -0.4 is 5.32 Å². The SMILES string of the molecule is CC(C)CNCC1CCCCN1Cc1ccc(F)c(Cl)c1. The van der Waals surface area contributed by atoms with Gasteiger partial charge in [0, 0.05) is 19.1 Å². The first-order valence-electron chi connectivity index (χ1n) is 7.95. The van der Waals surface area contributed by atoms with Crippen molar-refractivity contribution in [3.63, 3.8) is 0 Å². The van der Waals surface area contributed by atoms with E-state index in [1.807, 2.05) is 6.07 Å². The average molecular weight is 313 g/mol. The predicted octanol–water partition coefficient (Wildman–Crippen LogP) is 4.08. The molecule has 1 aliphatic heterocycles. The molecular weight excluding hydrogens is 287 g/mol. The van der Waals surface area contributed by atoms with Crippen LogP contribution in [-0.2, 0) is 6.54 Å². The molecule has 1 N–H and O–H groups in total. The Bertz CT molecular complexity index is 450. The molecule has 1 saturated heterocycles. The molecule has 1 fully saturated rings. The lowest BCUT2D eigenvalue weighted by atomic mass is 10.0. The van der Waals surface area contributed by atoms with Crippen LogP contribution in [0, 0.1) is 11.7 Å². The first-order valence-corrected chi connectivity index (χ1v) is 8.32. The normalized spacial score (nSPS) is 20.1. The second-order valence-corrected chi connectivity index (χ2v) is 6.83. The Balaban J connectivity index is 1.93. The molecule has 0 spiro atoms. The monoisotopic (exact) mass is 312 g/mol. The van der Waals surface area contributed by atoms with Gasteiger partial charge in [-0.3, -0.25) is 4.90 Å². The third kappa shape index (κ3) is 5.24. The van der Waals surface area contributed by atoms with Crippen LogP contribution in [0.15, 0.2) is 18.2 Å². The van der Waals surface area contributed by atoms with Gasteiger partial charge in [0.15, 0.2) is 0 Å². The van der Waals surface area contributed by atoms with Crippen molar-refractivity contribution >= 4 is 11.6 Å². The van der Waals surface area contributed by atoms with Gasteiger partial charge in [-0.05, 0) is 49.5 Å². The molecule has 1 heterocycles. The lowest BCUT2D eigenvalue weighted by Gasteiger charge is -2.36. The van der Waals surface area contributed by atoms with E-state index >= 15 is 0 Å². The summed E-state index contributed by atoms with van der Waals surface area (Å²) in [4.78, 5) is 2.50. The van der Waals surface area contributed by atoms with E-state index in [-0.39, 0.29) is 10.8 Å². The summed E-state index contributed by atoms with van der Waals surface area (Å²) in [7, 11) is 0. The fourth-order valence-corrected chi connectivity index (χ4v) is 3.11. The lowest BCUT2D eigenvalue weighted by Crippen LogP contribution is -2.45. The Morgan fingerprint density at radius 2 is 2.19 bits per heavy atom. The highest BCUT2D eigenvalue weighted by atomic mass is 35.5. The van der Waals surface area contributed by atoms with Crippen LogP contribution in [0.5, 0.6) is 0 Å². The highest BCUT2D eigenvalue weighted by Crippen LogP contribution is 2.22. The molecule has 0 bridgehead atoms. The van der Waals surface area contributed by atoms with Crippen molar-refractivity contribution in [2.45, 2.75) is 45.7 Å². The Hall–Kier alpha value is -0.640. The molecule has 0 saturated carbocycles. The zero-order valence-corrected chi connectivity index (χ0v) is 13.8. The molecule has 4 heteroatoms. The summed E-state index contributed by atoms with van der Waals surface area (Å²) in [6.07, 6.45) is 3.78. The topological polar surface area (TPSA) is 15.3 Å². The number of likely N-dealkylation sites (tertiary alicyclic amines) is 1. The second-order valence-electron chi connectivity index (χ2n) is 6.42. The van der Waals surface area contributed by atoms with E-state index in [1.165, 1.54) is 25.3 Å². The molecule has 1 aromatic rings. The van der Waals surface area contributed by atoms with Crippen LogP contribution in [0.25, 0.3) is 0 Å². The van der Waals surface area contributed by atoms with Crippen molar-refractivity contribution in [1.82, 2.24) is 10.2 Å². The van der Waals surface area contributed by atoms with Crippen LogP contribution in [0.2, 0.25) is 5.02 Å². The summed E-state index contributed by atoms with van der Waals surface area (Å²) in [5, 5.41) is 3.78. The van der Waals surface area contributed by atoms with Gasteiger partial charge >= 0.3 is 0 Å². The van der Waals surface area contributed by atoms with Crippen molar-refractivity contribution in [1.29, 1.82) is 0 Å². The molecule has 1 aromatic carbocycles. The van der Waals surface area contributed by atoms with Crippen LogP contribution in [0.4, 0.5) is 4.39 Å². The number of rotatable bonds is 6. The minimum Gasteiger partial charge on any atom is -0.315 e. The summed E-state index contributed by atoms with van der Waals surface area (Å²) in [6.45, 7) is 8.52. The van der Waals surface area contributed by atoms with Crippen molar-refractivity contribution in [2.75, 3.05) is 19.6 Å². The summed E-state index contributed by atoms with van der Waals surface area (Å²) < 4.78 is 13.2. The van der Waals surface area contributed by atoms with Gasteiger partial charge in [-0.25, -0.2) is 4.39 Å². The molecule has 1 atom stereocenters. The minimum absolute atomic E-state index is 0.221. The van der Waals surface area contributed by atoms with Crippen molar-refractivity contribution < 1.29 is 4.39 Å². The van der Waals surface area contributed by atoms with Crippen LogP contribution in [0.3, 0.4) is 0 Å². The molecule has 0 amide bonds. The number of piperidine rings is 1. The van der Waals surface area contributed by atoms with E-state index in [0.29, 0.717) is 12.0 Å². The van der Waals surface area contributed by atoms with E-state index in [9.17, 15) is 4.39 Å². The van der Waals surface area contributed by atoms with Crippen molar-refractivity contribution in [3.05, 3.63) is 34.6 Å². The molecule has 0 aliphatic carbocycles. The van der Waals surface area contributed by atoms with Gasteiger partial charge in [0.2, 0.25) is 0 Å². The number of hydrogen-bond donors (Lipinski definition) is 1. The molecule has 0 aromatic heterocycles. The maximum Gasteiger partial charge on any atom is 0.141 e. The van der Waals surface area contributed by atoms with Gasteiger partial charge in [-0.15, -0.1) is 0 Å². The Kier molecular flexibility index (Phi) is 6.46. The van der Waals surface area contributed by atoms with Crippen LogP contribution in [-0.4, -0.2) is 30.6 Å². The highest BCUT2D eigenvalue weighted by Gasteiger charge is 2.22. The summed E-state index contributed by atoms with van der Waals surface area (Å²) >= 11 is 5.88. The third-order valence-corrected chi connectivity index (χ3v) is 4.34. The first kappa shape index (κ1) is 16.7. The van der Waals surface area contributed by atoms with E-state index < -0.39 is 0 Å². The second kappa shape index (κ2) is 8.11. The Morgan fingerprint density at radius 3 is 2.90 bits per heavy atom. The van der Waals surface area contributed by atoms with E-state index in [4.69, 9.17) is 11.6 Å². The smallest absolute Gasteiger partial charge is 0.141 e. The van der Waals surface area contributed by atoms with E-state index in [1.54, 1.807) is 6.07 Å². The fraction of sp³-hybridized carbons (Fsp3) is 0.647. The molecule has 2 rings (SSSR count). The summed E-state index contributed by atoms with van der Waals surface area (Å²) in [5.74, 6) is 0.340. The Labute approximate surface area is 132 Å². The average Bonchev–Trinajstić information content (AvgIpc) is 2.44. The predicted molar refractivity (Wildman–Crippen MR) is 87.2 cm³/mol. The van der Waals surface area contributed by atoms with E-state index in [0.717, 1.165) is 31.7 Å². The third-order valence-electron chi connectivity index (χ3n) is 4.05. The van der Waals surface area contributed by atoms with Crippen molar-refractivity contribution in [3.8, 4) is 0 Å². The fourth-order valence-electron chi connectivity index (χ4n) is 2.91. The molecule has 1 unspecified atom stereocenters. The van der Waals surface area contributed by atoms with Gasteiger partial charge in [-0.1, -0.05) is 37.9 Å². The van der Waals surface area contributed by atoms with Crippen molar-refractivity contribution in [2.24, 2.45) is 5.92 Å². The molecule has 1 aliphatic rings. The van der Waals surface area contributed by atoms with Crippen LogP contribution >= 0.6 is 11.6 Å². The van der Waals surface area contributed by atoms with Crippen LogP contribution in [0.1, 0.15) is 38.7 Å². The molecule has 2 nitrogen and oxygen atoms in total. The lowest BCUT2D eigenvalue weighted by molar-refractivity contribution is 0.137. The standard InChI is InChI=1S/C17H26ClFN2/c1-13(2)10-20-11-15-5-3-4-8-21(15)12-14-6-7-17(19)16(18)9-14/h6-7,9,13,15,20H,3-5,8,10-12H2,1-2H3. The maximum absolute atomic E-state index is 13.2. The maximum atomic E-state index is 13.2. The number of nitrogens with zero attached hydrogens (tertiary/aromatic N) is 1. The molecule has 118 valence electrons. The van der Waals surface area contributed by atoms with Gasteiger partial charge < -0.3 is 5.32 Å². The number of halogens is 2. The molecule has 0 radical (unpaired) electrons. The summed E-state index contributed by atoms with van der Waals surface area (Å²) in [6, 6.07) is 5.63. The number of hydrogen-bond acceptors (Lipinski definition) is 2. The minimum atomic E-state index is -0.339. The number of nitrogens with one attached hydrogen (secondary N) is 1. The summed E-state index contributed by atoms with van der Waals surface area (Å²) in [5.41, 5.74) is 1.09. The number of benzene rings is 1. The molecular formula is C17H26ClFN2. The molecule has 21 heavy (non-hydrogen) atoms. The highest BCUT2D eigenvalue weighted by molar-refractivity contribution is 6.30. The van der Waals surface area contributed by atoms with Gasteiger partial charge in [0.05, 0.1) is 5.02 Å².